The molecule has 0 unspecified atom stereocenters. The number of anilines is 3. The first-order valence-corrected chi connectivity index (χ1v) is 6.95. The third-order valence-electron chi connectivity index (χ3n) is 2.40. The van der Waals surface area contributed by atoms with Gasteiger partial charge in [-0.05, 0) is 42.2 Å². The number of thiocarbonyl (C=S) groups is 1. The summed E-state index contributed by atoms with van der Waals surface area (Å²) in [6, 6.07) is 5.39. The summed E-state index contributed by atoms with van der Waals surface area (Å²) in [7, 11) is 0. The van der Waals surface area contributed by atoms with Crippen molar-refractivity contribution < 1.29 is 0 Å². The predicted octanol–water partition coefficient (Wildman–Crippen LogP) is 4.10. The van der Waals surface area contributed by atoms with Gasteiger partial charge in [0.1, 0.15) is 0 Å². The zero-order valence-electron chi connectivity index (χ0n) is 9.66. The van der Waals surface area contributed by atoms with E-state index in [-0.39, 0.29) is 0 Å². The SMILES string of the molecule is Cc1cscc1NC(=S)Nc1cccc(Cl)c1N. The number of benzene rings is 1. The van der Waals surface area contributed by atoms with Crippen LogP contribution in [0, 0.1) is 6.92 Å². The van der Waals surface area contributed by atoms with Crippen molar-refractivity contribution in [1.82, 2.24) is 0 Å². The highest BCUT2D eigenvalue weighted by Gasteiger charge is 2.06. The van der Waals surface area contributed by atoms with Crippen LogP contribution in [0.15, 0.2) is 29.0 Å². The molecule has 0 radical (unpaired) electrons. The van der Waals surface area contributed by atoms with Gasteiger partial charge in [0, 0.05) is 5.38 Å². The molecule has 0 saturated carbocycles. The van der Waals surface area contributed by atoms with Crippen molar-refractivity contribution in [3.05, 3.63) is 39.5 Å². The second-order valence-corrected chi connectivity index (χ2v) is 5.31. The molecule has 0 spiro atoms. The smallest absolute Gasteiger partial charge is 0.175 e. The summed E-state index contributed by atoms with van der Waals surface area (Å²) in [5.74, 6) is 0. The Bertz CT molecular complexity index is 580. The first kappa shape index (κ1) is 13.1. The number of para-hydroxylation sites is 1. The van der Waals surface area contributed by atoms with E-state index in [9.17, 15) is 0 Å². The maximum atomic E-state index is 5.94. The van der Waals surface area contributed by atoms with E-state index >= 15 is 0 Å². The van der Waals surface area contributed by atoms with Crippen LogP contribution < -0.4 is 16.4 Å². The van der Waals surface area contributed by atoms with Crippen molar-refractivity contribution >= 4 is 57.3 Å². The lowest BCUT2D eigenvalue weighted by Crippen LogP contribution is -2.19. The van der Waals surface area contributed by atoms with E-state index in [1.54, 1.807) is 17.4 Å². The zero-order chi connectivity index (χ0) is 13.1. The van der Waals surface area contributed by atoms with Crippen molar-refractivity contribution in [3.8, 4) is 0 Å². The van der Waals surface area contributed by atoms with Crippen LogP contribution in [0.1, 0.15) is 5.56 Å². The van der Waals surface area contributed by atoms with Crippen LogP contribution in [0.2, 0.25) is 5.02 Å². The van der Waals surface area contributed by atoms with Gasteiger partial charge in [-0.2, -0.15) is 0 Å². The van der Waals surface area contributed by atoms with Gasteiger partial charge in [-0.15, -0.1) is 11.3 Å². The summed E-state index contributed by atoms with van der Waals surface area (Å²) in [5, 5.41) is 11.2. The average molecular weight is 298 g/mol. The molecule has 18 heavy (non-hydrogen) atoms. The Hall–Kier alpha value is -1.30. The predicted molar refractivity (Wildman–Crippen MR) is 84.8 cm³/mol. The minimum absolute atomic E-state index is 0.491. The molecular formula is C12H12ClN3S2. The lowest BCUT2D eigenvalue weighted by atomic mass is 10.2. The summed E-state index contributed by atoms with van der Waals surface area (Å²) in [4.78, 5) is 0. The van der Waals surface area contributed by atoms with E-state index in [1.807, 2.05) is 24.4 Å². The van der Waals surface area contributed by atoms with Gasteiger partial charge in [-0.3, -0.25) is 0 Å². The van der Waals surface area contributed by atoms with Gasteiger partial charge in [-0.1, -0.05) is 17.7 Å². The number of nitrogens with two attached hydrogens (primary N) is 1. The fourth-order valence-electron chi connectivity index (χ4n) is 1.41. The summed E-state index contributed by atoms with van der Waals surface area (Å²) < 4.78 is 0. The highest BCUT2D eigenvalue weighted by Crippen LogP contribution is 2.27. The Labute approximate surface area is 120 Å². The molecule has 0 saturated heterocycles. The van der Waals surface area contributed by atoms with Crippen molar-refractivity contribution in [2.75, 3.05) is 16.4 Å². The Balaban J connectivity index is 2.08. The van der Waals surface area contributed by atoms with E-state index in [0.717, 1.165) is 11.3 Å². The Morgan fingerprint density at radius 1 is 1.28 bits per heavy atom. The molecule has 6 heteroatoms. The largest absolute Gasteiger partial charge is 0.396 e. The summed E-state index contributed by atoms with van der Waals surface area (Å²) in [6.45, 7) is 2.02. The molecule has 1 aromatic carbocycles. The average Bonchev–Trinajstić information content (AvgIpc) is 2.71. The van der Waals surface area contributed by atoms with Gasteiger partial charge < -0.3 is 16.4 Å². The number of rotatable bonds is 2. The monoisotopic (exact) mass is 297 g/mol. The summed E-state index contributed by atoms with van der Waals surface area (Å²) in [5.41, 5.74) is 9.20. The molecule has 0 aliphatic rings. The van der Waals surface area contributed by atoms with Gasteiger partial charge in [-0.25, -0.2) is 0 Å². The molecule has 2 aromatic rings. The van der Waals surface area contributed by atoms with Gasteiger partial charge in [0.05, 0.1) is 22.1 Å². The second kappa shape index (κ2) is 5.56. The van der Waals surface area contributed by atoms with Crippen molar-refractivity contribution in [3.63, 3.8) is 0 Å². The molecule has 0 amide bonds. The number of nitrogen functional groups attached to an aromatic ring is 1. The molecule has 1 aromatic heterocycles. The molecule has 3 nitrogen and oxygen atoms in total. The molecule has 0 aliphatic heterocycles. The minimum atomic E-state index is 0.491. The van der Waals surface area contributed by atoms with Gasteiger partial charge in [0.15, 0.2) is 5.11 Å². The Morgan fingerprint density at radius 2 is 2.00 bits per heavy atom. The number of halogens is 1. The number of hydrogen-bond donors (Lipinski definition) is 3. The molecule has 0 atom stereocenters. The van der Waals surface area contributed by atoms with E-state index in [0.29, 0.717) is 21.5 Å². The van der Waals surface area contributed by atoms with E-state index in [2.05, 4.69) is 16.0 Å². The highest BCUT2D eigenvalue weighted by molar-refractivity contribution is 7.80. The molecule has 1 heterocycles. The third-order valence-corrected chi connectivity index (χ3v) is 3.80. The summed E-state index contributed by atoms with van der Waals surface area (Å²) >= 11 is 12.8. The van der Waals surface area contributed by atoms with Crippen LogP contribution in [0.5, 0.6) is 0 Å². The maximum Gasteiger partial charge on any atom is 0.175 e. The molecular weight excluding hydrogens is 286 g/mol. The van der Waals surface area contributed by atoms with Gasteiger partial charge >= 0.3 is 0 Å². The fourth-order valence-corrected chi connectivity index (χ4v) is 2.58. The van der Waals surface area contributed by atoms with E-state index in [1.165, 1.54) is 0 Å². The highest BCUT2D eigenvalue weighted by atomic mass is 35.5. The minimum Gasteiger partial charge on any atom is -0.396 e. The number of nitrogens with one attached hydrogen (secondary N) is 2. The normalized spacial score (nSPS) is 10.1. The van der Waals surface area contributed by atoms with Crippen LogP contribution >= 0.6 is 35.2 Å². The molecule has 2 rings (SSSR count). The van der Waals surface area contributed by atoms with Crippen LogP contribution in [0.3, 0.4) is 0 Å². The van der Waals surface area contributed by atoms with Crippen LogP contribution in [0.4, 0.5) is 17.1 Å². The topological polar surface area (TPSA) is 50.1 Å². The first-order valence-electron chi connectivity index (χ1n) is 5.22. The van der Waals surface area contributed by atoms with E-state index < -0.39 is 0 Å². The fraction of sp³-hybridized carbons (Fsp3) is 0.0833. The third kappa shape index (κ3) is 2.93. The van der Waals surface area contributed by atoms with Crippen LogP contribution in [-0.4, -0.2) is 5.11 Å². The van der Waals surface area contributed by atoms with Crippen molar-refractivity contribution in [2.24, 2.45) is 0 Å². The van der Waals surface area contributed by atoms with Gasteiger partial charge in [0.25, 0.3) is 0 Å². The molecule has 4 N–H and O–H groups in total. The standard InChI is InChI=1S/C12H12ClN3S2/c1-7-5-18-6-10(7)16-12(17)15-9-4-2-3-8(13)11(9)14/h2-6H,14H2,1H3,(H2,15,16,17). The maximum absolute atomic E-state index is 5.94. The number of aryl methyl sites for hydroxylation is 1. The number of hydrogen-bond acceptors (Lipinski definition) is 3. The molecule has 0 bridgehead atoms. The second-order valence-electron chi connectivity index (χ2n) is 3.75. The van der Waals surface area contributed by atoms with Crippen LogP contribution in [-0.2, 0) is 0 Å². The quantitative estimate of drug-likeness (QED) is 0.577. The zero-order valence-corrected chi connectivity index (χ0v) is 12.0. The summed E-state index contributed by atoms with van der Waals surface area (Å²) in [6.07, 6.45) is 0. The van der Waals surface area contributed by atoms with E-state index in [4.69, 9.17) is 29.6 Å². The lowest BCUT2D eigenvalue weighted by molar-refractivity contribution is 1.52. The Kier molecular flexibility index (Phi) is 4.06. The van der Waals surface area contributed by atoms with Gasteiger partial charge in [0.2, 0.25) is 0 Å². The first-order chi connectivity index (χ1) is 8.58. The van der Waals surface area contributed by atoms with Crippen molar-refractivity contribution in [1.29, 1.82) is 0 Å². The van der Waals surface area contributed by atoms with Crippen molar-refractivity contribution in [2.45, 2.75) is 6.92 Å². The Morgan fingerprint density at radius 3 is 2.67 bits per heavy atom. The molecule has 0 aliphatic carbocycles. The van der Waals surface area contributed by atoms with Crippen LogP contribution in [0.25, 0.3) is 0 Å². The number of thiophene rings is 1. The molecule has 0 fully saturated rings. The molecule has 94 valence electrons. The lowest BCUT2D eigenvalue weighted by Gasteiger charge is -2.12.